The second-order valence-electron chi connectivity index (χ2n) is 2.25. The third-order valence-corrected chi connectivity index (χ3v) is 1.37. The maximum Gasteiger partial charge on any atom is 0.326 e. The van der Waals surface area contributed by atoms with Crippen molar-refractivity contribution in [3.05, 3.63) is 24.3 Å². The van der Waals surface area contributed by atoms with Gasteiger partial charge >= 0.3 is 7.48 Å². The minimum Gasteiger partial charge on any atom is -0.468 e. The van der Waals surface area contributed by atoms with Crippen molar-refractivity contribution in [2.45, 2.75) is 0 Å². The van der Waals surface area contributed by atoms with Crippen LogP contribution < -0.4 is 10.2 Å². The fourth-order valence-corrected chi connectivity index (χ4v) is 0.777. The maximum absolute atomic E-state index is 8.61. The lowest BCUT2D eigenvalue weighted by atomic mass is 9.89. The first-order valence-corrected chi connectivity index (χ1v) is 3.56. The van der Waals surface area contributed by atoms with Crippen LogP contribution in [0.2, 0.25) is 0 Å². The Morgan fingerprint density at radius 3 is 2.50 bits per heavy atom. The molecule has 0 bridgehead atoms. The average Bonchev–Trinajstić information content (AvgIpc) is 2.15. The lowest BCUT2D eigenvalue weighted by molar-refractivity contribution is 0.0511. The molecule has 4 heteroatoms. The molecular formula is C8H10BO3. The molecule has 1 aromatic rings. The van der Waals surface area contributed by atoms with Gasteiger partial charge in [0.15, 0.2) is 6.79 Å². The summed E-state index contributed by atoms with van der Waals surface area (Å²) in [6.07, 6.45) is 0. The largest absolute Gasteiger partial charge is 0.468 e. The van der Waals surface area contributed by atoms with Crippen molar-refractivity contribution >= 4 is 12.9 Å². The fraction of sp³-hybridized carbons (Fsp3) is 0.250. The zero-order valence-corrected chi connectivity index (χ0v) is 6.86. The number of hydrogen-bond donors (Lipinski definition) is 1. The average molecular weight is 165 g/mol. The lowest BCUT2D eigenvalue weighted by Crippen LogP contribution is -2.12. The highest BCUT2D eigenvalue weighted by Gasteiger charge is 1.94. The van der Waals surface area contributed by atoms with Crippen molar-refractivity contribution in [1.29, 1.82) is 0 Å². The summed E-state index contributed by atoms with van der Waals surface area (Å²) >= 11 is 0. The van der Waals surface area contributed by atoms with Gasteiger partial charge in [0.1, 0.15) is 5.75 Å². The maximum atomic E-state index is 8.61. The third kappa shape index (κ3) is 2.56. The van der Waals surface area contributed by atoms with Gasteiger partial charge in [-0.2, -0.15) is 0 Å². The molecule has 0 heterocycles. The molecule has 0 aliphatic rings. The first kappa shape index (κ1) is 9.10. The smallest absolute Gasteiger partial charge is 0.326 e. The van der Waals surface area contributed by atoms with Gasteiger partial charge in [-0.05, 0) is 12.1 Å². The zero-order chi connectivity index (χ0) is 8.81. The molecule has 0 saturated heterocycles. The topological polar surface area (TPSA) is 38.7 Å². The predicted molar refractivity (Wildman–Crippen MR) is 46.6 cm³/mol. The summed E-state index contributed by atoms with van der Waals surface area (Å²) in [6.45, 7) is 0.238. The quantitative estimate of drug-likeness (QED) is 0.500. The van der Waals surface area contributed by atoms with E-state index in [1.165, 1.54) is 0 Å². The van der Waals surface area contributed by atoms with Crippen LogP contribution in [0.3, 0.4) is 0 Å². The predicted octanol–water partition coefficient (Wildman–Crippen LogP) is -0.0939. The zero-order valence-electron chi connectivity index (χ0n) is 6.86. The van der Waals surface area contributed by atoms with Gasteiger partial charge in [0.2, 0.25) is 0 Å². The molecule has 12 heavy (non-hydrogen) atoms. The number of ether oxygens (including phenoxy) is 2. The summed E-state index contributed by atoms with van der Waals surface area (Å²) in [4.78, 5) is 0. The summed E-state index contributed by atoms with van der Waals surface area (Å²) in [5.41, 5.74) is 0.750. The molecule has 63 valence electrons. The van der Waals surface area contributed by atoms with Crippen molar-refractivity contribution in [2.75, 3.05) is 13.9 Å². The minimum atomic E-state index is 0.238. The Hall–Kier alpha value is -0.995. The summed E-state index contributed by atoms with van der Waals surface area (Å²) in [5, 5.41) is 8.61. The van der Waals surface area contributed by atoms with E-state index in [9.17, 15) is 0 Å². The Morgan fingerprint density at radius 1 is 1.33 bits per heavy atom. The molecule has 0 aliphatic heterocycles. The number of methoxy groups -OCH3 is 1. The van der Waals surface area contributed by atoms with Gasteiger partial charge in [-0.3, -0.25) is 0 Å². The Labute approximate surface area is 72.2 Å². The molecule has 0 aliphatic carbocycles. The van der Waals surface area contributed by atoms with E-state index in [0.29, 0.717) is 0 Å². The van der Waals surface area contributed by atoms with Gasteiger partial charge in [-0.25, -0.2) is 0 Å². The van der Waals surface area contributed by atoms with Crippen molar-refractivity contribution in [3.8, 4) is 5.75 Å². The molecule has 0 saturated carbocycles. The van der Waals surface area contributed by atoms with Crippen LogP contribution in [0.15, 0.2) is 24.3 Å². The standard InChI is InChI=1S/C8H10BO3/c1-11-6-12-8-4-2-7(9-10)3-5-8/h2-5,10H,6H2,1H3. The van der Waals surface area contributed by atoms with Crippen LogP contribution in [0.4, 0.5) is 0 Å². The van der Waals surface area contributed by atoms with Gasteiger partial charge in [-0.15, -0.1) is 0 Å². The Balaban J connectivity index is 2.53. The van der Waals surface area contributed by atoms with E-state index in [1.807, 2.05) is 0 Å². The molecule has 0 atom stereocenters. The molecule has 1 N–H and O–H groups in total. The number of benzene rings is 1. The molecule has 1 radical (unpaired) electrons. The van der Waals surface area contributed by atoms with Crippen LogP contribution in [-0.4, -0.2) is 26.4 Å². The first-order valence-electron chi connectivity index (χ1n) is 3.56. The van der Waals surface area contributed by atoms with E-state index >= 15 is 0 Å². The van der Waals surface area contributed by atoms with Crippen LogP contribution in [0.5, 0.6) is 5.75 Å². The highest BCUT2D eigenvalue weighted by molar-refractivity contribution is 6.45. The van der Waals surface area contributed by atoms with E-state index in [2.05, 4.69) is 0 Å². The van der Waals surface area contributed by atoms with Gasteiger partial charge in [0.25, 0.3) is 0 Å². The molecule has 0 amide bonds. The summed E-state index contributed by atoms with van der Waals surface area (Å²) in [7, 11) is 2.61. The van der Waals surface area contributed by atoms with Crippen molar-refractivity contribution < 1.29 is 14.5 Å². The molecule has 0 spiro atoms. The third-order valence-electron chi connectivity index (χ3n) is 1.37. The van der Waals surface area contributed by atoms with Gasteiger partial charge < -0.3 is 14.5 Å². The molecule has 0 fully saturated rings. The van der Waals surface area contributed by atoms with E-state index < -0.39 is 0 Å². The van der Waals surface area contributed by atoms with E-state index in [-0.39, 0.29) is 6.79 Å². The molecule has 3 nitrogen and oxygen atoms in total. The normalized spacial score (nSPS) is 9.50. The van der Waals surface area contributed by atoms with Crippen LogP contribution in [0, 0.1) is 0 Å². The SMILES string of the molecule is COCOc1ccc([B]O)cc1. The van der Waals surface area contributed by atoms with Gasteiger partial charge in [0, 0.05) is 7.11 Å². The number of rotatable bonds is 4. The first-order chi connectivity index (χ1) is 5.86. The van der Waals surface area contributed by atoms with Crippen molar-refractivity contribution in [1.82, 2.24) is 0 Å². The van der Waals surface area contributed by atoms with Crippen LogP contribution in [0.1, 0.15) is 0 Å². The fourth-order valence-electron chi connectivity index (χ4n) is 0.777. The van der Waals surface area contributed by atoms with Crippen molar-refractivity contribution in [3.63, 3.8) is 0 Å². The second-order valence-corrected chi connectivity index (χ2v) is 2.25. The highest BCUT2D eigenvalue weighted by Crippen LogP contribution is 2.06. The summed E-state index contributed by atoms with van der Waals surface area (Å²) in [5.74, 6) is 0.724. The van der Waals surface area contributed by atoms with E-state index in [1.54, 1.807) is 31.4 Å². The number of hydrogen-bond acceptors (Lipinski definition) is 3. The lowest BCUT2D eigenvalue weighted by Gasteiger charge is -2.03. The Bertz CT molecular complexity index is 222. The summed E-state index contributed by atoms with van der Waals surface area (Å²) in [6, 6.07) is 7.04. The van der Waals surface area contributed by atoms with E-state index in [0.717, 1.165) is 18.7 Å². The van der Waals surface area contributed by atoms with Crippen LogP contribution >= 0.6 is 0 Å². The minimum absolute atomic E-state index is 0.238. The molecular weight excluding hydrogens is 155 g/mol. The molecule has 1 rings (SSSR count). The Kier molecular flexibility index (Phi) is 3.64. The van der Waals surface area contributed by atoms with Crippen LogP contribution in [-0.2, 0) is 4.74 Å². The molecule has 1 aromatic carbocycles. The molecule has 0 unspecified atom stereocenters. The highest BCUT2D eigenvalue weighted by atomic mass is 16.7. The monoisotopic (exact) mass is 165 g/mol. The van der Waals surface area contributed by atoms with Gasteiger partial charge in [0.05, 0.1) is 0 Å². The van der Waals surface area contributed by atoms with Gasteiger partial charge in [-0.1, -0.05) is 17.6 Å². The summed E-state index contributed by atoms with van der Waals surface area (Å²) < 4.78 is 9.86. The molecule has 0 aromatic heterocycles. The van der Waals surface area contributed by atoms with Crippen LogP contribution in [0.25, 0.3) is 0 Å². The Morgan fingerprint density at radius 2 is 2.00 bits per heavy atom. The van der Waals surface area contributed by atoms with E-state index in [4.69, 9.17) is 14.5 Å². The second kappa shape index (κ2) is 4.80. The van der Waals surface area contributed by atoms with Crippen molar-refractivity contribution in [2.24, 2.45) is 0 Å².